The van der Waals surface area contributed by atoms with Crippen LogP contribution in [0, 0.1) is 0 Å². The second-order valence-electron chi connectivity index (χ2n) is 5.81. The van der Waals surface area contributed by atoms with Crippen LogP contribution in [-0.4, -0.2) is 34.7 Å². The van der Waals surface area contributed by atoms with E-state index in [-0.39, 0.29) is 6.04 Å². The Kier molecular flexibility index (Phi) is 3.78. The Morgan fingerprint density at radius 3 is 2.95 bits per heavy atom. The molecular formula is C15H19Cl2NO. The van der Waals surface area contributed by atoms with E-state index in [1.165, 1.54) is 12.8 Å². The fraction of sp³-hybridized carbons (Fsp3) is 0.600. The first-order valence-electron chi connectivity index (χ1n) is 6.99. The fourth-order valence-electron chi connectivity index (χ4n) is 3.59. The maximum Gasteiger partial charge on any atom is 0.0855 e. The highest BCUT2D eigenvalue weighted by Crippen LogP contribution is 2.38. The molecule has 2 aliphatic rings. The molecule has 3 rings (SSSR count). The molecule has 4 heteroatoms. The molecular weight excluding hydrogens is 281 g/mol. The maximum absolute atomic E-state index is 11.0. The van der Waals surface area contributed by atoms with E-state index in [0.717, 1.165) is 31.5 Å². The Bertz CT molecular complexity index is 479. The van der Waals surface area contributed by atoms with Crippen LogP contribution in [0.1, 0.15) is 31.2 Å². The minimum Gasteiger partial charge on any atom is -0.388 e. The van der Waals surface area contributed by atoms with Gasteiger partial charge in [0, 0.05) is 29.1 Å². The van der Waals surface area contributed by atoms with Crippen molar-refractivity contribution in [2.75, 3.05) is 13.1 Å². The minimum absolute atomic E-state index is 0.288. The summed E-state index contributed by atoms with van der Waals surface area (Å²) in [5, 5.41) is 12.4. The molecule has 0 aromatic heterocycles. The predicted molar refractivity (Wildman–Crippen MR) is 78.9 cm³/mol. The van der Waals surface area contributed by atoms with Crippen molar-refractivity contribution in [1.29, 1.82) is 0 Å². The van der Waals surface area contributed by atoms with Crippen molar-refractivity contribution in [3.63, 3.8) is 0 Å². The Labute approximate surface area is 124 Å². The van der Waals surface area contributed by atoms with Crippen LogP contribution >= 0.6 is 23.2 Å². The topological polar surface area (TPSA) is 23.5 Å². The van der Waals surface area contributed by atoms with Crippen LogP contribution in [0.4, 0.5) is 0 Å². The van der Waals surface area contributed by atoms with Crippen molar-refractivity contribution in [1.82, 2.24) is 4.90 Å². The zero-order chi connectivity index (χ0) is 13.5. The third-order valence-electron chi connectivity index (χ3n) is 4.57. The quantitative estimate of drug-likeness (QED) is 0.903. The molecule has 2 heterocycles. The molecule has 0 saturated carbocycles. The molecule has 1 aromatic rings. The third kappa shape index (κ3) is 2.64. The first-order chi connectivity index (χ1) is 9.08. The Hall–Kier alpha value is -0.280. The van der Waals surface area contributed by atoms with Gasteiger partial charge in [0.05, 0.1) is 5.60 Å². The number of benzene rings is 1. The van der Waals surface area contributed by atoms with Gasteiger partial charge in [-0.2, -0.15) is 0 Å². The van der Waals surface area contributed by atoms with E-state index >= 15 is 0 Å². The lowest BCUT2D eigenvalue weighted by molar-refractivity contribution is -0.00884. The number of nitrogens with zero attached hydrogens (tertiary/aromatic N) is 1. The molecule has 0 spiro atoms. The molecule has 2 saturated heterocycles. The van der Waals surface area contributed by atoms with Gasteiger partial charge < -0.3 is 5.11 Å². The molecule has 0 amide bonds. The lowest BCUT2D eigenvalue weighted by Crippen LogP contribution is -2.48. The number of hydrogen-bond acceptors (Lipinski definition) is 2. The Balaban J connectivity index is 1.83. The van der Waals surface area contributed by atoms with Gasteiger partial charge in [-0.1, -0.05) is 29.6 Å². The van der Waals surface area contributed by atoms with Crippen LogP contribution in [0.3, 0.4) is 0 Å². The van der Waals surface area contributed by atoms with Crippen LogP contribution in [0.25, 0.3) is 0 Å². The van der Waals surface area contributed by atoms with Gasteiger partial charge in [0.15, 0.2) is 0 Å². The van der Waals surface area contributed by atoms with Gasteiger partial charge >= 0.3 is 0 Å². The SMILES string of the molecule is OC1(Cc2cc(Cl)ccc2Cl)CCN2CCCCC21. The molecule has 1 aromatic carbocycles. The molecule has 104 valence electrons. The van der Waals surface area contributed by atoms with E-state index in [0.29, 0.717) is 16.5 Å². The smallest absolute Gasteiger partial charge is 0.0855 e. The van der Waals surface area contributed by atoms with Gasteiger partial charge in [-0.3, -0.25) is 4.90 Å². The van der Waals surface area contributed by atoms with E-state index in [1.807, 2.05) is 12.1 Å². The fourth-order valence-corrected chi connectivity index (χ4v) is 3.96. The highest BCUT2D eigenvalue weighted by Gasteiger charge is 2.46. The van der Waals surface area contributed by atoms with Gasteiger partial charge in [0.1, 0.15) is 0 Å². The van der Waals surface area contributed by atoms with Gasteiger partial charge in [0.25, 0.3) is 0 Å². The number of halogens is 2. The number of hydrogen-bond donors (Lipinski definition) is 1. The summed E-state index contributed by atoms with van der Waals surface area (Å²) >= 11 is 12.3. The monoisotopic (exact) mass is 299 g/mol. The summed E-state index contributed by atoms with van der Waals surface area (Å²) in [7, 11) is 0. The Morgan fingerprint density at radius 2 is 2.11 bits per heavy atom. The van der Waals surface area contributed by atoms with E-state index in [4.69, 9.17) is 23.2 Å². The normalized spacial score (nSPS) is 31.4. The number of piperidine rings is 1. The summed E-state index contributed by atoms with van der Waals surface area (Å²) in [6, 6.07) is 5.78. The van der Waals surface area contributed by atoms with Crippen LogP contribution in [0.15, 0.2) is 18.2 Å². The second-order valence-corrected chi connectivity index (χ2v) is 6.66. The molecule has 2 aliphatic heterocycles. The summed E-state index contributed by atoms with van der Waals surface area (Å²) in [5.74, 6) is 0. The van der Waals surface area contributed by atoms with E-state index in [2.05, 4.69) is 4.90 Å². The van der Waals surface area contributed by atoms with Crippen molar-refractivity contribution in [2.45, 2.75) is 43.7 Å². The second kappa shape index (κ2) is 5.25. The summed E-state index contributed by atoms with van der Waals surface area (Å²) in [5.41, 5.74) is 0.318. The molecule has 0 bridgehead atoms. The maximum atomic E-state index is 11.0. The van der Waals surface area contributed by atoms with E-state index < -0.39 is 5.60 Å². The third-order valence-corrected chi connectivity index (χ3v) is 5.17. The average molecular weight is 300 g/mol. The number of fused-ring (bicyclic) bond motifs is 1. The highest BCUT2D eigenvalue weighted by molar-refractivity contribution is 6.33. The molecule has 0 radical (unpaired) electrons. The van der Waals surface area contributed by atoms with Crippen molar-refractivity contribution in [3.8, 4) is 0 Å². The predicted octanol–water partition coefficient (Wildman–Crippen LogP) is 3.53. The lowest BCUT2D eigenvalue weighted by Gasteiger charge is -2.37. The van der Waals surface area contributed by atoms with E-state index in [1.54, 1.807) is 6.07 Å². The van der Waals surface area contributed by atoms with E-state index in [9.17, 15) is 5.11 Å². The average Bonchev–Trinajstić information content (AvgIpc) is 2.73. The summed E-state index contributed by atoms with van der Waals surface area (Å²) in [6.45, 7) is 2.12. The van der Waals surface area contributed by atoms with Gasteiger partial charge in [-0.05, 0) is 49.6 Å². The standard InChI is InChI=1S/C15H19Cl2NO/c16-12-4-5-13(17)11(9-12)10-15(19)6-8-18-7-2-1-3-14(15)18/h4-5,9,14,19H,1-3,6-8,10H2. The minimum atomic E-state index is -0.644. The summed E-state index contributed by atoms with van der Waals surface area (Å²) in [4.78, 5) is 2.43. The largest absolute Gasteiger partial charge is 0.388 e. The van der Waals surface area contributed by atoms with Crippen LogP contribution in [0.5, 0.6) is 0 Å². The zero-order valence-corrected chi connectivity index (χ0v) is 12.4. The van der Waals surface area contributed by atoms with Crippen molar-refractivity contribution < 1.29 is 5.11 Å². The van der Waals surface area contributed by atoms with Gasteiger partial charge in [0.2, 0.25) is 0 Å². The van der Waals surface area contributed by atoms with Gasteiger partial charge in [-0.15, -0.1) is 0 Å². The van der Waals surface area contributed by atoms with Crippen molar-refractivity contribution >= 4 is 23.2 Å². The van der Waals surface area contributed by atoms with Crippen molar-refractivity contribution in [3.05, 3.63) is 33.8 Å². The van der Waals surface area contributed by atoms with Gasteiger partial charge in [-0.25, -0.2) is 0 Å². The molecule has 2 atom stereocenters. The lowest BCUT2D eigenvalue weighted by atomic mass is 9.84. The molecule has 2 nitrogen and oxygen atoms in total. The molecule has 0 aliphatic carbocycles. The molecule has 2 fully saturated rings. The van der Waals surface area contributed by atoms with Crippen LogP contribution in [-0.2, 0) is 6.42 Å². The first-order valence-corrected chi connectivity index (χ1v) is 7.74. The number of aliphatic hydroxyl groups is 1. The molecule has 2 unspecified atom stereocenters. The van der Waals surface area contributed by atoms with Crippen LogP contribution < -0.4 is 0 Å². The number of rotatable bonds is 2. The highest BCUT2D eigenvalue weighted by atomic mass is 35.5. The summed E-state index contributed by atoms with van der Waals surface area (Å²) in [6.07, 6.45) is 5.00. The Morgan fingerprint density at radius 1 is 1.26 bits per heavy atom. The summed E-state index contributed by atoms with van der Waals surface area (Å²) < 4.78 is 0. The van der Waals surface area contributed by atoms with Crippen LogP contribution in [0.2, 0.25) is 10.0 Å². The molecule has 1 N–H and O–H groups in total. The van der Waals surface area contributed by atoms with Crippen molar-refractivity contribution in [2.24, 2.45) is 0 Å². The first kappa shape index (κ1) is 13.7. The molecule has 19 heavy (non-hydrogen) atoms. The zero-order valence-electron chi connectivity index (χ0n) is 10.9.